The zero-order valence-electron chi connectivity index (χ0n) is 14.1. The van der Waals surface area contributed by atoms with Crippen molar-refractivity contribution in [2.75, 3.05) is 0 Å². The minimum Gasteiger partial charge on any atom is -0.444 e. The molecule has 0 heterocycles. The second kappa shape index (κ2) is 7.77. The van der Waals surface area contributed by atoms with E-state index in [1.807, 2.05) is 20.8 Å². The fraction of sp³-hybridized carbons (Fsp3) is 0.611. The number of benzene rings is 1. The first-order valence-corrected chi connectivity index (χ1v) is 8.20. The maximum absolute atomic E-state index is 13.7. The van der Waals surface area contributed by atoms with Crippen molar-refractivity contribution in [1.29, 1.82) is 0 Å². The van der Waals surface area contributed by atoms with Gasteiger partial charge in [0.1, 0.15) is 11.4 Å². The summed E-state index contributed by atoms with van der Waals surface area (Å²) in [4.78, 5) is 12.0. The van der Waals surface area contributed by atoms with E-state index in [0.29, 0.717) is 5.56 Å². The number of hydrogen-bond donors (Lipinski definition) is 1. The standard InChI is InChI=1S/C18H26FNO3/c1-18(2,3)23-17(21)20-15-10-6-7-11-16(15)22-12-13-8-4-5-9-14(13)19/h4-5,8-9,15-16H,6-7,10-12H2,1-3H3,(H,20,21). The third kappa shape index (κ3) is 5.82. The number of ether oxygens (including phenoxy) is 2. The van der Waals surface area contributed by atoms with E-state index in [1.54, 1.807) is 18.2 Å². The first kappa shape index (κ1) is 17.7. The van der Waals surface area contributed by atoms with E-state index >= 15 is 0 Å². The van der Waals surface area contributed by atoms with Gasteiger partial charge in [0.2, 0.25) is 0 Å². The first-order valence-electron chi connectivity index (χ1n) is 8.20. The summed E-state index contributed by atoms with van der Waals surface area (Å²) in [5.74, 6) is -0.264. The third-order valence-electron chi connectivity index (χ3n) is 3.82. The van der Waals surface area contributed by atoms with Crippen LogP contribution in [0.2, 0.25) is 0 Å². The van der Waals surface area contributed by atoms with E-state index in [-0.39, 0.29) is 24.6 Å². The van der Waals surface area contributed by atoms with Crippen molar-refractivity contribution < 1.29 is 18.7 Å². The van der Waals surface area contributed by atoms with E-state index in [9.17, 15) is 9.18 Å². The molecule has 0 radical (unpaired) electrons. The molecule has 1 aromatic carbocycles. The largest absolute Gasteiger partial charge is 0.444 e. The van der Waals surface area contributed by atoms with Crippen molar-refractivity contribution in [3.63, 3.8) is 0 Å². The Morgan fingerprint density at radius 2 is 1.96 bits per heavy atom. The zero-order chi connectivity index (χ0) is 16.9. The van der Waals surface area contributed by atoms with E-state index in [1.165, 1.54) is 6.07 Å². The minimum atomic E-state index is -0.526. The number of carbonyl (C=O) groups excluding carboxylic acids is 1. The summed E-state index contributed by atoms with van der Waals surface area (Å²) in [6, 6.07) is 6.50. The quantitative estimate of drug-likeness (QED) is 0.904. The molecule has 1 aliphatic rings. The summed E-state index contributed by atoms with van der Waals surface area (Å²) < 4.78 is 24.9. The van der Waals surface area contributed by atoms with Crippen LogP contribution in [0.25, 0.3) is 0 Å². The van der Waals surface area contributed by atoms with Gasteiger partial charge in [0.15, 0.2) is 0 Å². The predicted octanol–water partition coefficient (Wildman–Crippen LogP) is 4.18. The van der Waals surface area contributed by atoms with Gasteiger partial charge in [-0.1, -0.05) is 31.0 Å². The van der Waals surface area contributed by atoms with Gasteiger partial charge in [0.25, 0.3) is 0 Å². The molecular formula is C18H26FNO3. The van der Waals surface area contributed by atoms with Crippen LogP contribution in [0.4, 0.5) is 9.18 Å². The average Bonchev–Trinajstić information content (AvgIpc) is 2.46. The van der Waals surface area contributed by atoms with Gasteiger partial charge in [-0.05, 0) is 39.7 Å². The molecule has 2 atom stereocenters. The Kier molecular flexibility index (Phi) is 5.99. The van der Waals surface area contributed by atoms with Crippen LogP contribution >= 0.6 is 0 Å². The highest BCUT2D eigenvalue weighted by Crippen LogP contribution is 2.23. The van der Waals surface area contributed by atoms with Gasteiger partial charge in [-0.2, -0.15) is 0 Å². The van der Waals surface area contributed by atoms with Crippen molar-refractivity contribution in [3.05, 3.63) is 35.6 Å². The molecule has 23 heavy (non-hydrogen) atoms. The Morgan fingerprint density at radius 1 is 1.26 bits per heavy atom. The normalized spacial score (nSPS) is 21.7. The van der Waals surface area contributed by atoms with Gasteiger partial charge < -0.3 is 14.8 Å². The van der Waals surface area contributed by atoms with Gasteiger partial charge >= 0.3 is 6.09 Å². The van der Waals surface area contributed by atoms with Gasteiger partial charge in [0, 0.05) is 5.56 Å². The second-order valence-electron chi connectivity index (χ2n) is 6.98. The minimum absolute atomic E-state index is 0.0922. The topological polar surface area (TPSA) is 47.6 Å². The molecule has 1 fully saturated rings. The van der Waals surface area contributed by atoms with Gasteiger partial charge in [0.05, 0.1) is 18.8 Å². The number of alkyl carbamates (subject to hydrolysis) is 1. The molecule has 0 aliphatic heterocycles. The highest BCUT2D eigenvalue weighted by atomic mass is 19.1. The van der Waals surface area contributed by atoms with E-state index < -0.39 is 11.7 Å². The first-order chi connectivity index (χ1) is 10.8. The van der Waals surface area contributed by atoms with Crippen molar-refractivity contribution in [1.82, 2.24) is 5.32 Å². The van der Waals surface area contributed by atoms with E-state index in [0.717, 1.165) is 25.7 Å². The summed E-state index contributed by atoms with van der Waals surface area (Å²) >= 11 is 0. The third-order valence-corrected chi connectivity index (χ3v) is 3.82. The highest BCUT2D eigenvalue weighted by Gasteiger charge is 2.29. The molecule has 2 unspecified atom stereocenters. The molecule has 4 nitrogen and oxygen atoms in total. The summed E-state index contributed by atoms with van der Waals surface area (Å²) in [6.07, 6.45) is 3.25. The molecule has 2 rings (SSSR count). The average molecular weight is 323 g/mol. The molecule has 1 aliphatic carbocycles. The fourth-order valence-corrected chi connectivity index (χ4v) is 2.73. The zero-order valence-corrected chi connectivity index (χ0v) is 14.1. The molecule has 0 spiro atoms. The molecular weight excluding hydrogens is 297 g/mol. The molecule has 5 heteroatoms. The Labute approximate surface area is 137 Å². The summed E-state index contributed by atoms with van der Waals surface area (Å²) in [7, 11) is 0. The lowest BCUT2D eigenvalue weighted by atomic mass is 9.92. The van der Waals surface area contributed by atoms with Crippen LogP contribution in [-0.2, 0) is 16.1 Å². The van der Waals surface area contributed by atoms with Crippen molar-refractivity contribution >= 4 is 6.09 Å². The fourth-order valence-electron chi connectivity index (χ4n) is 2.73. The number of nitrogens with one attached hydrogen (secondary N) is 1. The Morgan fingerprint density at radius 3 is 2.65 bits per heavy atom. The van der Waals surface area contributed by atoms with Gasteiger partial charge in [-0.15, -0.1) is 0 Å². The van der Waals surface area contributed by atoms with E-state index in [4.69, 9.17) is 9.47 Å². The maximum Gasteiger partial charge on any atom is 0.407 e. The lowest BCUT2D eigenvalue weighted by Crippen LogP contribution is -2.47. The van der Waals surface area contributed by atoms with Crippen LogP contribution in [0.3, 0.4) is 0 Å². The van der Waals surface area contributed by atoms with Crippen LogP contribution in [0, 0.1) is 5.82 Å². The molecule has 0 bridgehead atoms. The van der Waals surface area contributed by atoms with Crippen LogP contribution in [-0.4, -0.2) is 23.8 Å². The van der Waals surface area contributed by atoms with E-state index in [2.05, 4.69) is 5.32 Å². The van der Waals surface area contributed by atoms with Crippen molar-refractivity contribution in [2.45, 2.75) is 70.8 Å². The number of rotatable bonds is 4. The number of halogens is 1. The molecule has 1 amide bonds. The smallest absolute Gasteiger partial charge is 0.407 e. The molecule has 1 saturated carbocycles. The summed E-state index contributed by atoms with van der Waals surface area (Å²) in [6.45, 7) is 5.71. The SMILES string of the molecule is CC(C)(C)OC(=O)NC1CCCCC1OCc1ccccc1F. The van der Waals surface area contributed by atoms with Crippen LogP contribution in [0.5, 0.6) is 0 Å². The summed E-state index contributed by atoms with van der Waals surface area (Å²) in [5, 5.41) is 2.90. The maximum atomic E-state index is 13.7. The van der Waals surface area contributed by atoms with Gasteiger partial charge in [-0.3, -0.25) is 0 Å². The summed E-state index contributed by atoms with van der Waals surface area (Å²) in [5.41, 5.74) is 0.0107. The van der Waals surface area contributed by atoms with Crippen LogP contribution in [0.15, 0.2) is 24.3 Å². The van der Waals surface area contributed by atoms with Gasteiger partial charge in [-0.25, -0.2) is 9.18 Å². The molecule has 0 aromatic heterocycles. The highest BCUT2D eigenvalue weighted by molar-refractivity contribution is 5.68. The molecule has 128 valence electrons. The molecule has 1 aromatic rings. The van der Waals surface area contributed by atoms with Crippen LogP contribution < -0.4 is 5.32 Å². The second-order valence-corrected chi connectivity index (χ2v) is 6.98. The monoisotopic (exact) mass is 323 g/mol. The predicted molar refractivity (Wildman–Crippen MR) is 86.6 cm³/mol. The lowest BCUT2D eigenvalue weighted by molar-refractivity contribution is -0.0122. The Balaban J connectivity index is 1.90. The Bertz CT molecular complexity index is 527. The molecule has 0 saturated heterocycles. The lowest BCUT2D eigenvalue weighted by Gasteiger charge is -2.32. The number of hydrogen-bond acceptors (Lipinski definition) is 3. The Hall–Kier alpha value is -1.62. The molecule has 1 N–H and O–H groups in total. The van der Waals surface area contributed by atoms with Crippen molar-refractivity contribution in [2.24, 2.45) is 0 Å². The number of carbonyl (C=O) groups is 1. The van der Waals surface area contributed by atoms with Crippen LogP contribution in [0.1, 0.15) is 52.0 Å². The van der Waals surface area contributed by atoms with Crippen molar-refractivity contribution in [3.8, 4) is 0 Å². The number of amides is 1.